The van der Waals surface area contributed by atoms with Gasteiger partial charge in [-0.1, -0.05) is 26.1 Å². The average Bonchev–Trinajstić information content (AvgIpc) is 2.28. The monoisotopic (exact) mass is 262 g/mol. The first kappa shape index (κ1) is 16.8. The van der Waals surface area contributed by atoms with Crippen LogP contribution < -0.4 is 5.73 Å². The molecule has 0 spiro atoms. The number of thiocarbonyl (C=S) groups is 1. The summed E-state index contributed by atoms with van der Waals surface area (Å²) in [4.78, 5) is 2.89. The van der Waals surface area contributed by atoms with Crippen molar-refractivity contribution in [2.75, 3.05) is 47.1 Å². The lowest BCUT2D eigenvalue weighted by molar-refractivity contribution is 0.109. The van der Waals surface area contributed by atoms with Gasteiger partial charge < -0.3 is 15.2 Å². The Morgan fingerprint density at radius 1 is 1.12 bits per heavy atom. The lowest BCUT2D eigenvalue weighted by atomic mass is 9.89. The first-order chi connectivity index (χ1) is 7.94. The van der Waals surface area contributed by atoms with Crippen LogP contribution in [-0.2, 0) is 9.47 Å². The number of nitrogens with zero attached hydrogens (tertiary/aromatic N) is 1. The summed E-state index contributed by atoms with van der Waals surface area (Å²) < 4.78 is 10.2. The molecule has 0 unspecified atom stereocenters. The van der Waals surface area contributed by atoms with Crippen LogP contribution in [-0.4, -0.2) is 57.0 Å². The van der Waals surface area contributed by atoms with Crippen LogP contribution in [0.4, 0.5) is 0 Å². The maximum Gasteiger partial charge on any atom is 0.0784 e. The molecule has 0 rings (SSSR count). The van der Waals surface area contributed by atoms with Crippen molar-refractivity contribution in [1.29, 1.82) is 0 Å². The maximum absolute atomic E-state index is 5.72. The van der Waals surface area contributed by atoms with Gasteiger partial charge in [-0.05, 0) is 13.0 Å². The predicted molar refractivity (Wildman–Crippen MR) is 75.4 cm³/mol. The van der Waals surface area contributed by atoms with E-state index in [0.29, 0.717) is 4.99 Å². The summed E-state index contributed by atoms with van der Waals surface area (Å²) in [6.07, 6.45) is 0.954. The smallest absolute Gasteiger partial charge is 0.0784 e. The second-order valence-corrected chi connectivity index (χ2v) is 5.27. The molecule has 0 aromatic rings. The Morgan fingerprint density at radius 3 is 1.94 bits per heavy atom. The molecule has 5 heteroatoms. The van der Waals surface area contributed by atoms with Crippen molar-refractivity contribution in [3.8, 4) is 0 Å². The number of hydrogen-bond acceptors (Lipinski definition) is 4. The fourth-order valence-corrected chi connectivity index (χ4v) is 1.44. The normalized spacial score (nSPS) is 12.1. The summed E-state index contributed by atoms with van der Waals surface area (Å²) in [6, 6.07) is 0. The first-order valence-electron chi connectivity index (χ1n) is 5.94. The van der Waals surface area contributed by atoms with Crippen LogP contribution in [0.5, 0.6) is 0 Å². The summed E-state index contributed by atoms with van der Waals surface area (Å²) in [5.41, 5.74) is 5.63. The summed E-state index contributed by atoms with van der Waals surface area (Å²) in [5.74, 6) is 0. The predicted octanol–water partition coefficient (Wildman–Crippen LogP) is 1.28. The number of nitrogens with two attached hydrogens (primary N) is 1. The largest absolute Gasteiger partial charge is 0.393 e. The van der Waals surface area contributed by atoms with E-state index in [2.05, 4.69) is 18.7 Å². The van der Waals surface area contributed by atoms with Crippen LogP contribution >= 0.6 is 12.2 Å². The molecule has 0 amide bonds. The lowest BCUT2D eigenvalue weighted by Crippen LogP contribution is -2.37. The molecule has 0 heterocycles. The summed E-state index contributed by atoms with van der Waals surface area (Å²) in [7, 11) is 3.43. The summed E-state index contributed by atoms with van der Waals surface area (Å²) in [6.45, 7) is 8.41. The zero-order chi connectivity index (χ0) is 13.3. The van der Waals surface area contributed by atoms with E-state index in [1.165, 1.54) is 0 Å². The Morgan fingerprint density at radius 2 is 1.59 bits per heavy atom. The van der Waals surface area contributed by atoms with Gasteiger partial charge in [-0.2, -0.15) is 0 Å². The third-order valence-electron chi connectivity index (χ3n) is 2.94. The molecule has 0 aliphatic heterocycles. The van der Waals surface area contributed by atoms with Crippen molar-refractivity contribution in [3.63, 3.8) is 0 Å². The van der Waals surface area contributed by atoms with E-state index in [1.54, 1.807) is 14.2 Å². The molecule has 0 radical (unpaired) electrons. The third kappa shape index (κ3) is 7.65. The van der Waals surface area contributed by atoms with Gasteiger partial charge in [0.15, 0.2) is 0 Å². The minimum Gasteiger partial charge on any atom is -0.393 e. The van der Waals surface area contributed by atoms with Crippen LogP contribution in [0.25, 0.3) is 0 Å². The highest BCUT2D eigenvalue weighted by Crippen LogP contribution is 2.20. The average molecular weight is 262 g/mol. The van der Waals surface area contributed by atoms with Gasteiger partial charge in [0.2, 0.25) is 0 Å². The van der Waals surface area contributed by atoms with Crippen molar-refractivity contribution < 1.29 is 9.47 Å². The Balaban J connectivity index is 4.09. The van der Waals surface area contributed by atoms with Crippen molar-refractivity contribution in [3.05, 3.63) is 0 Å². The highest BCUT2D eigenvalue weighted by atomic mass is 32.1. The fraction of sp³-hybridized carbons (Fsp3) is 0.917. The molecule has 0 aromatic heterocycles. The van der Waals surface area contributed by atoms with E-state index in [4.69, 9.17) is 27.4 Å². The molecule has 0 fully saturated rings. The van der Waals surface area contributed by atoms with E-state index in [1.807, 2.05) is 0 Å². The lowest BCUT2D eigenvalue weighted by Gasteiger charge is -2.28. The Bertz CT molecular complexity index is 215. The van der Waals surface area contributed by atoms with Gasteiger partial charge in [0.1, 0.15) is 0 Å². The van der Waals surface area contributed by atoms with E-state index >= 15 is 0 Å². The second kappa shape index (κ2) is 8.80. The molecular formula is C12H26N2O2S. The summed E-state index contributed by atoms with van der Waals surface area (Å²) >= 11 is 5.07. The Labute approximate surface area is 110 Å². The van der Waals surface area contributed by atoms with Gasteiger partial charge in [-0.15, -0.1) is 0 Å². The van der Waals surface area contributed by atoms with Crippen LogP contribution in [0.2, 0.25) is 0 Å². The molecule has 17 heavy (non-hydrogen) atoms. The number of methoxy groups -OCH3 is 2. The van der Waals surface area contributed by atoms with Gasteiger partial charge in [-0.25, -0.2) is 0 Å². The second-order valence-electron chi connectivity index (χ2n) is 4.83. The topological polar surface area (TPSA) is 47.7 Å². The first-order valence-corrected chi connectivity index (χ1v) is 6.35. The zero-order valence-corrected chi connectivity index (χ0v) is 12.3. The van der Waals surface area contributed by atoms with Crippen molar-refractivity contribution >= 4 is 17.2 Å². The standard InChI is InChI=1S/C12H26N2O2S/c1-12(2,11(13)17)5-6-14(7-9-15-3)8-10-16-4/h5-10H2,1-4H3,(H2,13,17). The van der Waals surface area contributed by atoms with E-state index in [-0.39, 0.29) is 5.41 Å². The van der Waals surface area contributed by atoms with E-state index in [9.17, 15) is 0 Å². The van der Waals surface area contributed by atoms with E-state index < -0.39 is 0 Å². The minimum atomic E-state index is -0.0896. The highest BCUT2D eigenvalue weighted by Gasteiger charge is 2.22. The van der Waals surface area contributed by atoms with Gasteiger partial charge in [0, 0.05) is 32.7 Å². The molecule has 0 bridgehead atoms. The van der Waals surface area contributed by atoms with Crippen LogP contribution in [0.1, 0.15) is 20.3 Å². The number of rotatable bonds is 10. The van der Waals surface area contributed by atoms with Gasteiger partial charge in [0.05, 0.1) is 18.2 Å². The molecular weight excluding hydrogens is 236 g/mol. The molecule has 0 aromatic carbocycles. The molecule has 0 saturated carbocycles. The molecule has 4 nitrogen and oxygen atoms in total. The van der Waals surface area contributed by atoms with Gasteiger partial charge in [-0.3, -0.25) is 4.90 Å². The Hall–Kier alpha value is -0.230. The van der Waals surface area contributed by atoms with Gasteiger partial charge in [0.25, 0.3) is 0 Å². The number of ether oxygens (including phenoxy) is 2. The molecule has 102 valence electrons. The molecule has 2 N–H and O–H groups in total. The summed E-state index contributed by atoms with van der Waals surface area (Å²) in [5, 5.41) is 0. The van der Waals surface area contributed by atoms with Crippen molar-refractivity contribution in [2.24, 2.45) is 11.1 Å². The molecule has 0 saturated heterocycles. The van der Waals surface area contributed by atoms with Crippen molar-refractivity contribution in [2.45, 2.75) is 20.3 Å². The minimum absolute atomic E-state index is 0.0896. The van der Waals surface area contributed by atoms with Gasteiger partial charge >= 0.3 is 0 Å². The number of hydrogen-bond donors (Lipinski definition) is 1. The molecule has 0 atom stereocenters. The third-order valence-corrected chi connectivity index (χ3v) is 3.50. The van der Waals surface area contributed by atoms with Crippen LogP contribution in [0.15, 0.2) is 0 Å². The van der Waals surface area contributed by atoms with Crippen LogP contribution in [0, 0.1) is 5.41 Å². The highest BCUT2D eigenvalue weighted by molar-refractivity contribution is 7.80. The molecule has 0 aliphatic carbocycles. The maximum atomic E-state index is 5.72. The molecule has 0 aliphatic rings. The van der Waals surface area contributed by atoms with E-state index in [0.717, 1.165) is 39.3 Å². The quantitative estimate of drug-likeness (QED) is 0.601. The zero-order valence-electron chi connectivity index (χ0n) is 11.5. The SMILES string of the molecule is COCCN(CCOC)CCC(C)(C)C(N)=S. The Kier molecular flexibility index (Phi) is 8.68. The van der Waals surface area contributed by atoms with Crippen LogP contribution in [0.3, 0.4) is 0 Å². The van der Waals surface area contributed by atoms with Crippen molar-refractivity contribution in [1.82, 2.24) is 4.90 Å². The fourth-order valence-electron chi connectivity index (χ4n) is 1.34.